The van der Waals surface area contributed by atoms with E-state index in [-0.39, 0.29) is 6.61 Å². The Morgan fingerprint density at radius 3 is 2.62 bits per heavy atom. The van der Waals surface area contributed by atoms with Gasteiger partial charge in [-0.25, -0.2) is 0 Å². The third-order valence-corrected chi connectivity index (χ3v) is 4.26. The zero-order valence-corrected chi connectivity index (χ0v) is 12.3. The summed E-state index contributed by atoms with van der Waals surface area (Å²) >= 11 is 0. The molecule has 0 amide bonds. The second kappa shape index (κ2) is 5.88. The van der Waals surface area contributed by atoms with Crippen LogP contribution in [0.5, 0.6) is 5.75 Å². The Morgan fingerprint density at radius 2 is 1.86 bits per heavy atom. The molecule has 0 saturated carbocycles. The van der Waals surface area contributed by atoms with Crippen molar-refractivity contribution in [3.8, 4) is 5.75 Å². The number of fused-ring (bicyclic) bond motifs is 1. The Labute approximate surface area is 125 Å². The minimum atomic E-state index is -0.432. The fourth-order valence-electron chi connectivity index (χ4n) is 2.80. The summed E-state index contributed by atoms with van der Waals surface area (Å²) in [6.45, 7) is 3.57. The van der Waals surface area contributed by atoms with E-state index in [1.807, 2.05) is 55.5 Å². The van der Waals surface area contributed by atoms with Crippen LogP contribution in [0.3, 0.4) is 0 Å². The first-order chi connectivity index (χ1) is 10.2. The van der Waals surface area contributed by atoms with Gasteiger partial charge in [-0.15, -0.1) is 0 Å². The van der Waals surface area contributed by atoms with Gasteiger partial charge in [0.05, 0.1) is 18.8 Å². The number of aliphatic hydroxyl groups is 1. The number of hydrogen-bond donors (Lipinski definition) is 2. The third kappa shape index (κ3) is 2.80. The second-order valence-electron chi connectivity index (χ2n) is 5.78. The molecule has 0 aromatic heterocycles. The van der Waals surface area contributed by atoms with Crippen molar-refractivity contribution in [2.75, 3.05) is 19.8 Å². The van der Waals surface area contributed by atoms with E-state index in [1.165, 1.54) is 5.56 Å². The number of hydrogen-bond acceptors (Lipinski definition) is 3. The molecule has 2 unspecified atom stereocenters. The molecule has 0 radical (unpaired) electrons. The normalized spacial score (nSPS) is 19.6. The molecule has 0 spiro atoms. The second-order valence-corrected chi connectivity index (χ2v) is 5.78. The summed E-state index contributed by atoms with van der Waals surface area (Å²) < 4.78 is 5.71. The lowest BCUT2D eigenvalue weighted by Gasteiger charge is -2.30. The lowest BCUT2D eigenvalue weighted by molar-refractivity contribution is 0.171. The van der Waals surface area contributed by atoms with Gasteiger partial charge < -0.3 is 15.2 Å². The van der Waals surface area contributed by atoms with Gasteiger partial charge in [0.2, 0.25) is 0 Å². The number of ether oxygens (including phenoxy) is 1. The number of benzene rings is 2. The van der Waals surface area contributed by atoms with Crippen LogP contribution in [-0.4, -0.2) is 24.9 Å². The molecule has 0 saturated heterocycles. The maximum absolute atomic E-state index is 9.81. The molecule has 0 fully saturated rings. The van der Waals surface area contributed by atoms with Gasteiger partial charge in [-0.05, 0) is 18.6 Å². The molecule has 3 rings (SSSR count). The summed E-state index contributed by atoms with van der Waals surface area (Å²) in [7, 11) is 0. The Bertz CT molecular complexity index is 599. The van der Waals surface area contributed by atoms with Crippen LogP contribution in [0, 0.1) is 0 Å². The summed E-state index contributed by atoms with van der Waals surface area (Å²) in [5.74, 6) is 1.31. The van der Waals surface area contributed by atoms with Crippen molar-refractivity contribution in [1.29, 1.82) is 0 Å². The van der Waals surface area contributed by atoms with Crippen molar-refractivity contribution in [2.24, 2.45) is 0 Å². The molecule has 3 nitrogen and oxygen atoms in total. The highest BCUT2D eigenvalue weighted by Crippen LogP contribution is 2.33. The molecular formula is C18H21NO2. The highest BCUT2D eigenvalue weighted by molar-refractivity contribution is 5.40. The summed E-state index contributed by atoms with van der Waals surface area (Å²) in [6, 6.07) is 18.2. The van der Waals surface area contributed by atoms with E-state index in [1.54, 1.807) is 0 Å². The van der Waals surface area contributed by atoms with Crippen LogP contribution in [0.1, 0.15) is 24.0 Å². The van der Waals surface area contributed by atoms with Crippen molar-refractivity contribution in [1.82, 2.24) is 5.32 Å². The highest BCUT2D eigenvalue weighted by Gasteiger charge is 2.29. The van der Waals surface area contributed by atoms with Gasteiger partial charge in [0, 0.05) is 18.0 Å². The maximum atomic E-state index is 9.81. The third-order valence-electron chi connectivity index (χ3n) is 4.26. The smallest absolute Gasteiger partial charge is 0.122 e. The Kier molecular flexibility index (Phi) is 3.95. The molecule has 110 valence electrons. The zero-order chi connectivity index (χ0) is 14.7. The van der Waals surface area contributed by atoms with Gasteiger partial charge in [-0.1, -0.05) is 48.5 Å². The zero-order valence-electron chi connectivity index (χ0n) is 12.3. The van der Waals surface area contributed by atoms with Crippen molar-refractivity contribution in [3.05, 3.63) is 65.7 Å². The highest BCUT2D eigenvalue weighted by atomic mass is 16.5. The average molecular weight is 283 g/mol. The van der Waals surface area contributed by atoms with E-state index >= 15 is 0 Å². The van der Waals surface area contributed by atoms with Crippen LogP contribution in [0.2, 0.25) is 0 Å². The van der Waals surface area contributed by atoms with E-state index in [4.69, 9.17) is 4.74 Å². The predicted molar refractivity (Wildman–Crippen MR) is 83.6 cm³/mol. The lowest BCUT2D eigenvalue weighted by Crippen LogP contribution is -2.44. The minimum Gasteiger partial charge on any atom is -0.493 e. The molecule has 2 aromatic rings. The van der Waals surface area contributed by atoms with Gasteiger partial charge in [-0.2, -0.15) is 0 Å². The molecule has 0 aliphatic carbocycles. The predicted octanol–water partition coefficient (Wildman–Crippen LogP) is 2.66. The molecule has 1 aliphatic heterocycles. The first kappa shape index (κ1) is 14.1. The number of nitrogens with one attached hydrogen (secondary N) is 1. The Hall–Kier alpha value is -1.84. The first-order valence-corrected chi connectivity index (χ1v) is 7.36. The number of para-hydroxylation sites is 1. The molecule has 0 bridgehead atoms. The van der Waals surface area contributed by atoms with Crippen LogP contribution < -0.4 is 10.1 Å². The van der Waals surface area contributed by atoms with Crippen LogP contribution in [-0.2, 0) is 5.54 Å². The fraction of sp³-hybridized carbons (Fsp3) is 0.333. The Balaban J connectivity index is 1.72. The van der Waals surface area contributed by atoms with Crippen molar-refractivity contribution < 1.29 is 9.84 Å². The van der Waals surface area contributed by atoms with Gasteiger partial charge in [0.25, 0.3) is 0 Å². The molecule has 1 heterocycles. The van der Waals surface area contributed by atoms with Gasteiger partial charge in [0.1, 0.15) is 5.75 Å². The van der Waals surface area contributed by atoms with E-state index < -0.39 is 5.54 Å². The van der Waals surface area contributed by atoms with Crippen LogP contribution in [0.4, 0.5) is 0 Å². The monoisotopic (exact) mass is 283 g/mol. The quantitative estimate of drug-likeness (QED) is 0.886. The molecule has 2 aromatic carbocycles. The Morgan fingerprint density at radius 1 is 1.14 bits per heavy atom. The van der Waals surface area contributed by atoms with Crippen LogP contribution in [0.25, 0.3) is 0 Å². The molecule has 3 heteroatoms. The largest absolute Gasteiger partial charge is 0.493 e. The van der Waals surface area contributed by atoms with E-state index in [2.05, 4.69) is 11.4 Å². The standard InChI is InChI=1S/C18H21NO2/c1-18(13-20,15-7-3-2-4-8-15)19-11-14-12-21-17-10-6-5-9-16(14)17/h2-10,14,19-20H,11-13H2,1H3. The van der Waals surface area contributed by atoms with E-state index in [9.17, 15) is 5.11 Å². The number of rotatable bonds is 5. The molecule has 2 N–H and O–H groups in total. The molecule has 2 atom stereocenters. The minimum absolute atomic E-state index is 0.0617. The number of aliphatic hydroxyl groups excluding tert-OH is 1. The summed E-state index contributed by atoms with van der Waals surface area (Å²) in [5.41, 5.74) is 1.91. The summed E-state index contributed by atoms with van der Waals surface area (Å²) in [4.78, 5) is 0. The molecule has 21 heavy (non-hydrogen) atoms. The lowest BCUT2D eigenvalue weighted by atomic mass is 9.91. The van der Waals surface area contributed by atoms with Gasteiger partial charge in [0.15, 0.2) is 0 Å². The van der Waals surface area contributed by atoms with Crippen molar-refractivity contribution in [2.45, 2.75) is 18.4 Å². The van der Waals surface area contributed by atoms with Gasteiger partial charge in [-0.3, -0.25) is 0 Å². The SMILES string of the molecule is CC(CO)(NCC1COc2ccccc21)c1ccccc1. The van der Waals surface area contributed by atoms with Gasteiger partial charge >= 0.3 is 0 Å². The molecular weight excluding hydrogens is 262 g/mol. The van der Waals surface area contributed by atoms with E-state index in [0.29, 0.717) is 12.5 Å². The average Bonchev–Trinajstić information content (AvgIpc) is 2.97. The summed E-state index contributed by atoms with van der Waals surface area (Å²) in [5, 5.41) is 13.3. The van der Waals surface area contributed by atoms with Crippen molar-refractivity contribution in [3.63, 3.8) is 0 Å². The topological polar surface area (TPSA) is 41.5 Å². The molecule has 1 aliphatic rings. The van der Waals surface area contributed by atoms with E-state index in [0.717, 1.165) is 17.9 Å². The van der Waals surface area contributed by atoms with Crippen LogP contribution in [0.15, 0.2) is 54.6 Å². The fourth-order valence-corrected chi connectivity index (χ4v) is 2.80. The van der Waals surface area contributed by atoms with Crippen molar-refractivity contribution >= 4 is 0 Å². The van der Waals surface area contributed by atoms with Crippen LogP contribution >= 0.6 is 0 Å². The summed E-state index contributed by atoms with van der Waals surface area (Å²) in [6.07, 6.45) is 0. The first-order valence-electron chi connectivity index (χ1n) is 7.36. The maximum Gasteiger partial charge on any atom is 0.122 e.